The largest absolute Gasteiger partial charge is 0.496 e. The first-order chi connectivity index (χ1) is 13.0. The number of piperidine rings is 1. The van der Waals surface area contributed by atoms with Crippen LogP contribution in [0.25, 0.3) is 0 Å². The lowest BCUT2D eigenvalue weighted by atomic mass is 9.66. The summed E-state index contributed by atoms with van der Waals surface area (Å²) in [6, 6.07) is 5.55. The van der Waals surface area contributed by atoms with Crippen molar-refractivity contribution in [1.82, 2.24) is 4.90 Å². The number of methoxy groups -OCH3 is 1. The number of carboxylic acid groups (broad SMARTS) is 1. The first-order valence-electron chi connectivity index (χ1n) is 9.55. The minimum Gasteiger partial charge on any atom is -0.496 e. The van der Waals surface area contributed by atoms with Crippen molar-refractivity contribution in [3.8, 4) is 5.75 Å². The number of fused-ring (bicyclic) bond motifs is 3. The van der Waals surface area contributed by atoms with Gasteiger partial charge in [-0.3, -0.25) is 4.90 Å². The summed E-state index contributed by atoms with van der Waals surface area (Å²) >= 11 is 0. The van der Waals surface area contributed by atoms with Gasteiger partial charge in [-0.1, -0.05) is 6.07 Å². The van der Waals surface area contributed by atoms with Gasteiger partial charge in [-0.25, -0.2) is 4.79 Å². The highest BCUT2D eigenvalue weighted by molar-refractivity contribution is 5.91. The van der Waals surface area contributed by atoms with Gasteiger partial charge in [-0.15, -0.1) is 0 Å². The molecule has 7 heteroatoms. The van der Waals surface area contributed by atoms with E-state index in [0.29, 0.717) is 45.1 Å². The van der Waals surface area contributed by atoms with Gasteiger partial charge in [0.1, 0.15) is 11.3 Å². The van der Waals surface area contributed by atoms with Crippen LogP contribution in [0.2, 0.25) is 0 Å². The topological polar surface area (TPSA) is 88.5 Å². The van der Waals surface area contributed by atoms with Gasteiger partial charge in [0.2, 0.25) is 0 Å². The lowest BCUT2D eigenvalue weighted by Gasteiger charge is -2.57. The van der Waals surface area contributed by atoms with Crippen LogP contribution in [0.3, 0.4) is 0 Å². The van der Waals surface area contributed by atoms with E-state index >= 15 is 0 Å². The molecule has 3 heterocycles. The Hall–Kier alpha value is -1.67. The third-order valence-corrected chi connectivity index (χ3v) is 6.44. The van der Waals surface area contributed by atoms with E-state index < -0.39 is 11.6 Å². The third kappa shape index (κ3) is 3.33. The molecule has 4 rings (SSSR count). The Morgan fingerprint density at radius 1 is 1.33 bits per heavy atom. The fraction of sp³-hybridized carbons (Fsp3) is 0.650. The summed E-state index contributed by atoms with van der Waals surface area (Å²) < 4.78 is 16.5. The summed E-state index contributed by atoms with van der Waals surface area (Å²) in [5.41, 5.74) is 0.375. The van der Waals surface area contributed by atoms with Gasteiger partial charge in [-0.05, 0) is 24.1 Å². The molecule has 1 aromatic rings. The molecule has 148 valence electrons. The second kappa shape index (κ2) is 7.39. The highest BCUT2D eigenvalue weighted by atomic mass is 16.5. The van der Waals surface area contributed by atoms with Crippen molar-refractivity contribution in [2.45, 2.75) is 31.0 Å². The van der Waals surface area contributed by atoms with E-state index in [9.17, 15) is 15.0 Å². The van der Waals surface area contributed by atoms with Crippen molar-refractivity contribution in [2.24, 2.45) is 11.8 Å². The smallest absolute Gasteiger partial charge is 0.339 e. The molecule has 3 aliphatic rings. The van der Waals surface area contributed by atoms with Crippen LogP contribution >= 0.6 is 0 Å². The average molecular weight is 377 g/mol. The predicted molar refractivity (Wildman–Crippen MR) is 97.0 cm³/mol. The number of aromatic carboxylic acids is 1. The number of nitrogens with zero attached hydrogens (tertiary/aromatic N) is 1. The van der Waals surface area contributed by atoms with Gasteiger partial charge in [0.15, 0.2) is 0 Å². The van der Waals surface area contributed by atoms with Crippen LogP contribution in [-0.4, -0.2) is 72.8 Å². The van der Waals surface area contributed by atoms with Gasteiger partial charge in [0.25, 0.3) is 0 Å². The Labute approximate surface area is 158 Å². The van der Waals surface area contributed by atoms with Gasteiger partial charge in [-0.2, -0.15) is 0 Å². The van der Waals surface area contributed by atoms with Gasteiger partial charge in [0, 0.05) is 50.6 Å². The maximum absolute atomic E-state index is 11.5. The van der Waals surface area contributed by atoms with E-state index in [0.717, 1.165) is 18.5 Å². The molecule has 2 N–H and O–H groups in total. The van der Waals surface area contributed by atoms with E-state index in [2.05, 4.69) is 4.90 Å². The molecule has 0 aliphatic carbocycles. The average Bonchev–Trinajstić information content (AvgIpc) is 2.68. The van der Waals surface area contributed by atoms with Crippen LogP contribution < -0.4 is 4.74 Å². The number of aliphatic hydroxyl groups is 1. The number of benzene rings is 1. The van der Waals surface area contributed by atoms with E-state index in [4.69, 9.17) is 14.2 Å². The first kappa shape index (κ1) is 18.7. The number of carboxylic acids is 1. The van der Waals surface area contributed by atoms with Crippen LogP contribution in [0.15, 0.2) is 18.2 Å². The van der Waals surface area contributed by atoms with Crippen molar-refractivity contribution in [3.63, 3.8) is 0 Å². The normalized spacial score (nSPS) is 33.8. The molecule has 0 amide bonds. The summed E-state index contributed by atoms with van der Waals surface area (Å²) in [5.74, 6) is -0.521. The molecule has 1 aromatic carbocycles. The Morgan fingerprint density at radius 3 is 2.93 bits per heavy atom. The van der Waals surface area contributed by atoms with Crippen LogP contribution in [0.5, 0.6) is 5.75 Å². The zero-order valence-electron chi connectivity index (χ0n) is 15.6. The molecule has 0 saturated carbocycles. The van der Waals surface area contributed by atoms with E-state index in [1.54, 1.807) is 12.1 Å². The molecular weight excluding hydrogens is 350 g/mol. The molecular formula is C20H27NO6. The maximum Gasteiger partial charge on any atom is 0.339 e. The third-order valence-electron chi connectivity index (χ3n) is 6.44. The van der Waals surface area contributed by atoms with E-state index in [1.165, 1.54) is 7.11 Å². The van der Waals surface area contributed by atoms with Gasteiger partial charge in [0.05, 0.1) is 25.9 Å². The lowest BCUT2D eigenvalue weighted by Crippen LogP contribution is -2.67. The summed E-state index contributed by atoms with van der Waals surface area (Å²) in [6.45, 7) is 3.79. The Bertz CT molecular complexity index is 710. The van der Waals surface area contributed by atoms with Crippen molar-refractivity contribution >= 4 is 5.97 Å². The number of rotatable bonds is 4. The molecule has 7 nitrogen and oxygen atoms in total. The molecule has 0 unspecified atom stereocenters. The fourth-order valence-corrected chi connectivity index (χ4v) is 5.01. The Morgan fingerprint density at radius 2 is 2.15 bits per heavy atom. The van der Waals surface area contributed by atoms with Crippen molar-refractivity contribution in [3.05, 3.63) is 29.3 Å². The number of hydrogen-bond acceptors (Lipinski definition) is 6. The summed E-state index contributed by atoms with van der Waals surface area (Å²) in [5, 5.41) is 20.8. The molecule has 0 bridgehead atoms. The second-order valence-corrected chi connectivity index (χ2v) is 7.82. The quantitative estimate of drug-likeness (QED) is 0.819. The van der Waals surface area contributed by atoms with Gasteiger partial charge < -0.3 is 24.4 Å². The molecule has 0 aromatic heterocycles. The molecule has 27 heavy (non-hydrogen) atoms. The monoisotopic (exact) mass is 377 g/mol. The number of ether oxygens (including phenoxy) is 3. The molecule has 0 radical (unpaired) electrons. The SMILES string of the molecule is COc1ccc(CN2C[C@@H]3COCC[C@]3(O)[C@H]3COCC[C@H]32)cc1C(=O)O. The molecule has 3 fully saturated rings. The van der Waals surface area contributed by atoms with Crippen molar-refractivity contribution in [2.75, 3.05) is 40.1 Å². The highest BCUT2D eigenvalue weighted by Crippen LogP contribution is 2.44. The van der Waals surface area contributed by atoms with E-state index in [1.807, 2.05) is 6.07 Å². The minimum atomic E-state index is -0.994. The zero-order valence-corrected chi connectivity index (χ0v) is 15.6. The lowest BCUT2D eigenvalue weighted by molar-refractivity contribution is -0.221. The summed E-state index contributed by atoms with van der Waals surface area (Å²) in [7, 11) is 1.47. The standard InChI is InChI=1S/C20H27NO6/c1-25-18-3-2-13(8-15(18)19(22)23)9-21-10-14-11-27-7-5-20(14,24)16-12-26-6-4-17(16)21/h2-3,8,14,16-17,24H,4-7,9-12H2,1H3,(H,22,23)/t14-,16+,17-,20-/m1/s1. The molecule has 4 atom stereocenters. The molecule has 0 spiro atoms. The second-order valence-electron chi connectivity index (χ2n) is 7.82. The Balaban J connectivity index is 1.60. The van der Waals surface area contributed by atoms with Crippen LogP contribution in [0.1, 0.15) is 28.8 Å². The van der Waals surface area contributed by atoms with Crippen LogP contribution in [0.4, 0.5) is 0 Å². The minimum absolute atomic E-state index is 0.0476. The van der Waals surface area contributed by atoms with E-state index in [-0.39, 0.29) is 23.4 Å². The van der Waals surface area contributed by atoms with Gasteiger partial charge >= 0.3 is 5.97 Å². The maximum atomic E-state index is 11.5. The zero-order chi connectivity index (χ0) is 19.0. The van der Waals surface area contributed by atoms with Crippen molar-refractivity contribution < 1.29 is 29.2 Å². The summed E-state index contributed by atoms with van der Waals surface area (Å²) in [4.78, 5) is 13.9. The molecule has 3 aliphatic heterocycles. The number of carbonyl (C=O) groups is 1. The number of hydrogen-bond donors (Lipinski definition) is 2. The number of likely N-dealkylation sites (tertiary alicyclic amines) is 1. The van der Waals surface area contributed by atoms with Crippen molar-refractivity contribution in [1.29, 1.82) is 0 Å². The molecule has 3 saturated heterocycles. The summed E-state index contributed by atoms with van der Waals surface area (Å²) in [6.07, 6.45) is 1.53. The van der Waals surface area contributed by atoms with Crippen LogP contribution in [0, 0.1) is 11.8 Å². The first-order valence-corrected chi connectivity index (χ1v) is 9.55. The fourth-order valence-electron chi connectivity index (χ4n) is 5.01. The Kier molecular flexibility index (Phi) is 5.11. The highest BCUT2D eigenvalue weighted by Gasteiger charge is 2.55. The van der Waals surface area contributed by atoms with Crippen LogP contribution in [-0.2, 0) is 16.0 Å². The predicted octanol–water partition coefficient (Wildman–Crippen LogP) is 1.38.